The summed E-state index contributed by atoms with van der Waals surface area (Å²) in [6.45, 7) is 4.07. The fourth-order valence-electron chi connectivity index (χ4n) is 2.01. The fraction of sp³-hybridized carbons (Fsp3) is 0.417. The second-order valence-corrected chi connectivity index (χ2v) is 7.48. The van der Waals surface area contributed by atoms with E-state index in [1.807, 2.05) is 32.0 Å². The molecule has 0 bridgehead atoms. The van der Waals surface area contributed by atoms with E-state index in [4.69, 9.17) is 10.7 Å². The van der Waals surface area contributed by atoms with Crippen molar-refractivity contribution >= 4 is 31.3 Å². The van der Waals surface area contributed by atoms with Gasteiger partial charge in [0.25, 0.3) is 0 Å². The molecule has 1 saturated heterocycles. The average Bonchev–Trinajstić information content (AvgIpc) is 2.64. The molecule has 1 aliphatic rings. The first kappa shape index (κ1) is 13.4. The van der Waals surface area contributed by atoms with E-state index in [0.717, 1.165) is 16.8 Å². The third kappa shape index (κ3) is 2.52. The summed E-state index contributed by atoms with van der Waals surface area (Å²) in [5.74, 6) is -0.201. The first-order chi connectivity index (χ1) is 8.29. The second kappa shape index (κ2) is 4.55. The highest BCUT2D eigenvalue weighted by atomic mass is 35.7. The molecule has 0 saturated carbocycles. The summed E-state index contributed by atoms with van der Waals surface area (Å²) in [6.07, 6.45) is -0.0429. The third-order valence-corrected chi connectivity index (χ3v) is 5.16. The number of amides is 1. The van der Waals surface area contributed by atoms with Crippen molar-refractivity contribution in [2.24, 2.45) is 0 Å². The molecule has 0 spiro atoms. The molecule has 1 heterocycles. The first-order valence-corrected chi connectivity index (χ1v) is 7.97. The maximum Gasteiger partial charge on any atom is 0.237 e. The summed E-state index contributed by atoms with van der Waals surface area (Å²) >= 11 is 0. The monoisotopic (exact) mass is 287 g/mol. The number of carbonyl (C=O) groups excluding carboxylic acids is 1. The number of nitrogens with zero attached hydrogens (tertiary/aromatic N) is 1. The van der Waals surface area contributed by atoms with Crippen molar-refractivity contribution in [3.8, 4) is 0 Å². The molecule has 1 aliphatic heterocycles. The summed E-state index contributed by atoms with van der Waals surface area (Å²) in [5.41, 5.74) is 2.93. The second-order valence-electron chi connectivity index (χ2n) is 4.57. The van der Waals surface area contributed by atoms with Gasteiger partial charge in [-0.1, -0.05) is 6.07 Å². The first-order valence-electron chi connectivity index (χ1n) is 5.60. The molecule has 0 aliphatic carbocycles. The topological polar surface area (TPSA) is 54.5 Å². The van der Waals surface area contributed by atoms with Crippen molar-refractivity contribution in [3.05, 3.63) is 29.3 Å². The predicted octanol–water partition coefficient (Wildman–Crippen LogP) is 1.98. The molecule has 0 radical (unpaired) electrons. The number of hydrogen-bond donors (Lipinski definition) is 0. The van der Waals surface area contributed by atoms with Crippen LogP contribution in [0.2, 0.25) is 0 Å². The molecule has 18 heavy (non-hydrogen) atoms. The van der Waals surface area contributed by atoms with E-state index in [9.17, 15) is 13.2 Å². The lowest BCUT2D eigenvalue weighted by atomic mass is 10.1. The van der Waals surface area contributed by atoms with Gasteiger partial charge in [0.15, 0.2) is 0 Å². The molecule has 1 aromatic rings. The van der Waals surface area contributed by atoms with E-state index in [0.29, 0.717) is 0 Å². The zero-order valence-corrected chi connectivity index (χ0v) is 11.8. The van der Waals surface area contributed by atoms with Gasteiger partial charge in [-0.15, -0.1) is 0 Å². The lowest BCUT2D eigenvalue weighted by Crippen LogP contribution is -2.26. The normalized spacial score (nSPS) is 20.5. The van der Waals surface area contributed by atoms with Crippen molar-refractivity contribution in [1.29, 1.82) is 0 Å². The van der Waals surface area contributed by atoms with Crippen LogP contribution in [0, 0.1) is 13.8 Å². The highest BCUT2D eigenvalue weighted by Gasteiger charge is 2.37. The molecular weight excluding hydrogens is 274 g/mol. The van der Waals surface area contributed by atoms with E-state index in [1.165, 1.54) is 4.90 Å². The zero-order chi connectivity index (χ0) is 13.5. The Bertz CT molecular complexity index is 597. The zero-order valence-electron chi connectivity index (χ0n) is 10.2. The molecule has 0 aromatic heterocycles. The van der Waals surface area contributed by atoms with Gasteiger partial charge >= 0.3 is 0 Å². The molecule has 98 valence electrons. The SMILES string of the molecule is Cc1ccc(N2CC(S(=O)(=O)Cl)CC2=O)cc1C. The summed E-state index contributed by atoms with van der Waals surface area (Å²) in [7, 11) is 1.62. The van der Waals surface area contributed by atoms with Crippen LogP contribution in [0.5, 0.6) is 0 Å². The number of hydrogen-bond acceptors (Lipinski definition) is 3. The maximum atomic E-state index is 11.8. The van der Waals surface area contributed by atoms with Crippen molar-refractivity contribution in [2.75, 3.05) is 11.4 Å². The Morgan fingerprint density at radius 2 is 1.94 bits per heavy atom. The maximum absolute atomic E-state index is 11.8. The van der Waals surface area contributed by atoms with Crippen LogP contribution < -0.4 is 4.90 Å². The van der Waals surface area contributed by atoms with Crippen molar-refractivity contribution in [2.45, 2.75) is 25.5 Å². The molecule has 6 heteroatoms. The number of benzene rings is 1. The molecule has 1 aromatic carbocycles. The Hall–Kier alpha value is -1.07. The minimum atomic E-state index is -3.68. The van der Waals surface area contributed by atoms with Crippen LogP contribution in [0.15, 0.2) is 18.2 Å². The molecule has 0 N–H and O–H groups in total. The van der Waals surface area contributed by atoms with Gasteiger partial charge in [0, 0.05) is 29.3 Å². The Morgan fingerprint density at radius 3 is 2.44 bits per heavy atom. The van der Waals surface area contributed by atoms with Crippen LogP contribution in [0.1, 0.15) is 17.5 Å². The quantitative estimate of drug-likeness (QED) is 0.782. The Kier molecular flexibility index (Phi) is 3.38. The van der Waals surface area contributed by atoms with Crippen LogP contribution >= 0.6 is 10.7 Å². The van der Waals surface area contributed by atoms with Gasteiger partial charge in [0.1, 0.15) is 5.25 Å². The van der Waals surface area contributed by atoms with Gasteiger partial charge in [-0.05, 0) is 37.1 Å². The molecule has 1 amide bonds. The smallest absolute Gasteiger partial charge is 0.237 e. The summed E-state index contributed by atoms with van der Waals surface area (Å²) in [5, 5.41) is -0.812. The minimum Gasteiger partial charge on any atom is -0.311 e. The van der Waals surface area contributed by atoms with Crippen LogP contribution in [0.3, 0.4) is 0 Å². The molecule has 1 unspecified atom stereocenters. The van der Waals surface area contributed by atoms with Gasteiger partial charge in [-0.25, -0.2) is 8.42 Å². The van der Waals surface area contributed by atoms with E-state index in [-0.39, 0.29) is 18.9 Å². The average molecular weight is 288 g/mol. The Morgan fingerprint density at radius 1 is 1.28 bits per heavy atom. The van der Waals surface area contributed by atoms with E-state index >= 15 is 0 Å². The fourth-order valence-corrected chi connectivity index (χ4v) is 3.03. The number of halogens is 1. The van der Waals surface area contributed by atoms with Crippen molar-refractivity contribution in [1.82, 2.24) is 0 Å². The van der Waals surface area contributed by atoms with Crippen LogP contribution in [-0.4, -0.2) is 26.1 Å². The van der Waals surface area contributed by atoms with E-state index < -0.39 is 14.3 Å². The molecule has 1 fully saturated rings. The highest BCUT2D eigenvalue weighted by Crippen LogP contribution is 2.27. The summed E-state index contributed by atoms with van der Waals surface area (Å²) < 4.78 is 22.5. The molecule has 1 atom stereocenters. The number of rotatable bonds is 2. The van der Waals surface area contributed by atoms with Crippen molar-refractivity contribution < 1.29 is 13.2 Å². The van der Waals surface area contributed by atoms with Gasteiger partial charge in [-0.3, -0.25) is 4.79 Å². The molecule has 2 rings (SSSR count). The Labute approximate surface area is 111 Å². The van der Waals surface area contributed by atoms with Crippen molar-refractivity contribution in [3.63, 3.8) is 0 Å². The minimum absolute atomic E-state index is 0.0429. The van der Waals surface area contributed by atoms with Gasteiger partial charge in [0.05, 0.1) is 0 Å². The van der Waals surface area contributed by atoms with Crippen LogP contribution in [-0.2, 0) is 13.8 Å². The van der Waals surface area contributed by atoms with E-state index in [1.54, 1.807) is 0 Å². The summed E-state index contributed by atoms with van der Waals surface area (Å²) in [6, 6.07) is 5.63. The van der Waals surface area contributed by atoms with Gasteiger partial charge in [0.2, 0.25) is 15.0 Å². The van der Waals surface area contributed by atoms with Gasteiger partial charge < -0.3 is 4.90 Å². The van der Waals surface area contributed by atoms with Crippen LogP contribution in [0.25, 0.3) is 0 Å². The lowest BCUT2D eigenvalue weighted by Gasteiger charge is -2.17. The summed E-state index contributed by atoms with van der Waals surface area (Å²) in [4.78, 5) is 13.3. The third-order valence-electron chi connectivity index (χ3n) is 3.29. The lowest BCUT2D eigenvalue weighted by molar-refractivity contribution is -0.117. The van der Waals surface area contributed by atoms with Crippen LogP contribution in [0.4, 0.5) is 5.69 Å². The standard InChI is InChI=1S/C12H14ClNO3S/c1-8-3-4-10(5-9(8)2)14-7-11(6-12(14)15)18(13,16)17/h3-5,11H,6-7H2,1-2H3. The number of anilines is 1. The molecular formula is C12H14ClNO3S. The molecule has 4 nitrogen and oxygen atoms in total. The largest absolute Gasteiger partial charge is 0.311 e. The van der Waals surface area contributed by atoms with E-state index in [2.05, 4.69) is 0 Å². The number of carbonyl (C=O) groups is 1. The highest BCUT2D eigenvalue weighted by molar-refractivity contribution is 8.14. The Balaban J connectivity index is 2.30. The van der Waals surface area contributed by atoms with Gasteiger partial charge in [-0.2, -0.15) is 0 Å². The predicted molar refractivity (Wildman–Crippen MR) is 71.4 cm³/mol. The number of aryl methyl sites for hydroxylation is 2.